The van der Waals surface area contributed by atoms with Crippen LogP contribution in [0.1, 0.15) is 5.56 Å². The summed E-state index contributed by atoms with van der Waals surface area (Å²) in [5.41, 5.74) is 2.01. The Morgan fingerprint density at radius 3 is 2.75 bits per heavy atom. The van der Waals surface area contributed by atoms with Crippen LogP contribution in [-0.4, -0.2) is 10.1 Å². The van der Waals surface area contributed by atoms with Gasteiger partial charge in [0.05, 0.1) is 12.8 Å². The van der Waals surface area contributed by atoms with E-state index in [9.17, 15) is 9.50 Å². The van der Waals surface area contributed by atoms with Crippen LogP contribution in [0.15, 0.2) is 36.7 Å². The van der Waals surface area contributed by atoms with Gasteiger partial charge in [-0.25, -0.2) is 4.39 Å². The Bertz CT molecular complexity index is 516. The summed E-state index contributed by atoms with van der Waals surface area (Å²) in [5, 5.41) is 9.74. The SMILES string of the molecule is OCc1cc(Cl)ccc1-c1cncc(F)c1. The number of nitrogens with zero attached hydrogens (tertiary/aromatic N) is 1. The van der Waals surface area contributed by atoms with Crippen molar-refractivity contribution in [2.24, 2.45) is 0 Å². The molecule has 0 saturated heterocycles. The molecule has 82 valence electrons. The molecule has 0 aliphatic carbocycles. The molecule has 0 fully saturated rings. The molecule has 0 atom stereocenters. The number of pyridine rings is 1. The lowest BCUT2D eigenvalue weighted by atomic mass is 10.0. The molecule has 2 aromatic rings. The maximum atomic E-state index is 13.0. The second-order valence-corrected chi connectivity index (χ2v) is 3.79. The number of benzene rings is 1. The minimum absolute atomic E-state index is 0.146. The van der Waals surface area contributed by atoms with E-state index in [4.69, 9.17) is 11.6 Å². The van der Waals surface area contributed by atoms with Gasteiger partial charge in [0.15, 0.2) is 0 Å². The van der Waals surface area contributed by atoms with Crippen molar-refractivity contribution in [2.45, 2.75) is 6.61 Å². The number of hydrogen-bond donors (Lipinski definition) is 1. The molecule has 0 radical (unpaired) electrons. The first-order valence-corrected chi connectivity index (χ1v) is 5.08. The van der Waals surface area contributed by atoms with Gasteiger partial charge in [-0.05, 0) is 29.3 Å². The van der Waals surface area contributed by atoms with E-state index in [2.05, 4.69) is 4.98 Å². The molecule has 0 unspecified atom stereocenters. The molecule has 0 spiro atoms. The molecule has 1 heterocycles. The van der Waals surface area contributed by atoms with Crippen LogP contribution in [0.4, 0.5) is 4.39 Å². The first-order chi connectivity index (χ1) is 7.70. The Kier molecular flexibility index (Phi) is 3.17. The van der Waals surface area contributed by atoms with Crippen molar-refractivity contribution >= 4 is 11.6 Å². The normalized spacial score (nSPS) is 10.4. The fourth-order valence-electron chi connectivity index (χ4n) is 1.53. The third kappa shape index (κ3) is 2.21. The summed E-state index contributed by atoms with van der Waals surface area (Å²) in [6.07, 6.45) is 2.68. The van der Waals surface area contributed by atoms with Crippen molar-refractivity contribution in [3.63, 3.8) is 0 Å². The van der Waals surface area contributed by atoms with Crippen molar-refractivity contribution < 1.29 is 9.50 Å². The monoisotopic (exact) mass is 237 g/mol. The second-order valence-electron chi connectivity index (χ2n) is 3.35. The van der Waals surface area contributed by atoms with E-state index in [-0.39, 0.29) is 6.61 Å². The molecule has 0 bridgehead atoms. The topological polar surface area (TPSA) is 33.1 Å². The van der Waals surface area contributed by atoms with Crippen LogP contribution in [-0.2, 0) is 6.61 Å². The van der Waals surface area contributed by atoms with Crippen molar-refractivity contribution in [1.29, 1.82) is 0 Å². The molecule has 1 N–H and O–H groups in total. The van der Waals surface area contributed by atoms with Crippen LogP contribution in [0.3, 0.4) is 0 Å². The average molecular weight is 238 g/mol. The molecular weight excluding hydrogens is 229 g/mol. The van der Waals surface area contributed by atoms with Gasteiger partial charge in [-0.2, -0.15) is 0 Å². The van der Waals surface area contributed by atoms with Gasteiger partial charge in [-0.1, -0.05) is 17.7 Å². The first kappa shape index (κ1) is 11.0. The third-order valence-electron chi connectivity index (χ3n) is 2.25. The lowest BCUT2D eigenvalue weighted by Gasteiger charge is -2.07. The molecule has 0 aliphatic heterocycles. The van der Waals surface area contributed by atoms with Crippen LogP contribution in [0, 0.1) is 5.82 Å². The van der Waals surface area contributed by atoms with Gasteiger partial charge in [-0.3, -0.25) is 4.98 Å². The predicted molar refractivity (Wildman–Crippen MR) is 60.6 cm³/mol. The highest BCUT2D eigenvalue weighted by Gasteiger charge is 2.06. The number of aliphatic hydroxyl groups is 1. The zero-order chi connectivity index (χ0) is 11.5. The van der Waals surface area contributed by atoms with Crippen molar-refractivity contribution in [1.82, 2.24) is 4.98 Å². The molecule has 1 aromatic heterocycles. The molecule has 16 heavy (non-hydrogen) atoms. The van der Waals surface area contributed by atoms with Gasteiger partial charge in [0.2, 0.25) is 0 Å². The van der Waals surface area contributed by atoms with Gasteiger partial charge < -0.3 is 5.11 Å². The highest BCUT2D eigenvalue weighted by atomic mass is 35.5. The summed E-state index contributed by atoms with van der Waals surface area (Å²) in [6.45, 7) is -0.146. The van der Waals surface area contributed by atoms with Crippen molar-refractivity contribution in [2.75, 3.05) is 0 Å². The van der Waals surface area contributed by atoms with Gasteiger partial charge >= 0.3 is 0 Å². The first-order valence-electron chi connectivity index (χ1n) is 4.71. The molecule has 0 saturated carbocycles. The summed E-state index contributed by atoms with van der Waals surface area (Å²) in [6, 6.07) is 6.46. The van der Waals surface area contributed by atoms with E-state index >= 15 is 0 Å². The zero-order valence-corrected chi connectivity index (χ0v) is 9.08. The van der Waals surface area contributed by atoms with E-state index in [0.717, 1.165) is 11.8 Å². The molecule has 0 amide bonds. The lowest BCUT2D eigenvalue weighted by Crippen LogP contribution is -1.91. The number of aliphatic hydroxyl groups excluding tert-OH is 1. The van der Waals surface area contributed by atoms with Crippen LogP contribution in [0.25, 0.3) is 11.1 Å². The van der Waals surface area contributed by atoms with Crippen LogP contribution in [0.5, 0.6) is 0 Å². The Morgan fingerprint density at radius 2 is 2.06 bits per heavy atom. The zero-order valence-electron chi connectivity index (χ0n) is 8.32. The van der Waals surface area contributed by atoms with Crippen LogP contribution >= 0.6 is 11.6 Å². The van der Waals surface area contributed by atoms with Crippen LogP contribution in [0.2, 0.25) is 5.02 Å². The quantitative estimate of drug-likeness (QED) is 0.871. The smallest absolute Gasteiger partial charge is 0.142 e. The van der Waals surface area contributed by atoms with Gasteiger partial charge in [0.25, 0.3) is 0 Å². The minimum Gasteiger partial charge on any atom is -0.392 e. The number of rotatable bonds is 2. The number of halogens is 2. The molecule has 4 heteroatoms. The highest BCUT2D eigenvalue weighted by Crippen LogP contribution is 2.26. The second kappa shape index (κ2) is 4.60. The average Bonchev–Trinajstić information content (AvgIpc) is 2.28. The molecular formula is C12H9ClFNO. The Morgan fingerprint density at radius 1 is 1.25 bits per heavy atom. The molecule has 1 aromatic carbocycles. The van der Waals surface area contributed by atoms with Crippen molar-refractivity contribution in [3.05, 3.63) is 53.1 Å². The van der Waals surface area contributed by atoms with Gasteiger partial charge in [-0.15, -0.1) is 0 Å². The van der Waals surface area contributed by atoms with E-state index in [1.165, 1.54) is 6.07 Å². The van der Waals surface area contributed by atoms with E-state index in [1.54, 1.807) is 24.4 Å². The van der Waals surface area contributed by atoms with E-state index in [0.29, 0.717) is 16.1 Å². The molecule has 2 nitrogen and oxygen atoms in total. The molecule has 0 aliphatic rings. The summed E-state index contributed by atoms with van der Waals surface area (Å²) < 4.78 is 13.0. The summed E-state index contributed by atoms with van der Waals surface area (Å²) in [7, 11) is 0. The van der Waals surface area contributed by atoms with Crippen LogP contribution < -0.4 is 0 Å². The standard InChI is InChI=1S/C12H9ClFNO/c13-10-1-2-12(9(3-10)7-16)8-4-11(14)6-15-5-8/h1-6,16H,7H2. The minimum atomic E-state index is -0.406. The van der Waals surface area contributed by atoms with Gasteiger partial charge in [0.1, 0.15) is 5.82 Å². The summed E-state index contributed by atoms with van der Waals surface area (Å²) >= 11 is 5.81. The largest absolute Gasteiger partial charge is 0.392 e. The fourth-order valence-corrected chi connectivity index (χ4v) is 1.73. The Balaban J connectivity index is 2.55. The highest BCUT2D eigenvalue weighted by molar-refractivity contribution is 6.30. The van der Waals surface area contributed by atoms with Crippen molar-refractivity contribution in [3.8, 4) is 11.1 Å². The fraction of sp³-hybridized carbons (Fsp3) is 0.0833. The number of hydrogen-bond acceptors (Lipinski definition) is 2. The lowest BCUT2D eigenvalue weighted by molar-refractivity contribution is 0.282. The number of aromatic nitrogens is 1. The summed E-state index contributed by atoms with van der Waals surface area (Å²) in [5.74, 6) is -0.406. The van der Waals surface area contributed by atoms with E-state index in [1.807, 2.05) is 0 Å². The predicted octanol–water partition coefficient (Wildman–Crippen LogP) is 3.03. The summed E-state index contributed by atoms with van der Waals surface area (Å²) in [4.78, 5) is 3.77. The Hall–Kier alpha value is -1.45. The third-order valence-corrected chi connectivity index (χ3v) is 2.49. The van der Waals surface area contributed by atoms with E-state index < -0.39 is 5.82 Å². The van der Waals surface area contributed by atoms with Gasteiger partial charge in [0, 0.05) is 16.8 Å². The Labute approximate surface area is 97.3 Å². The maximum Gasteiger partial charge on any atom is 0.142 e. The molecule has 2 rings (SSSR count). The maximum absolute atomic E-state index is 13.0.